The maximum atomic E-state index is 5.63. The highest BCUT2D eigenvalue weighted by Crippen LogP contribution is 2.21. The molecule has 0 saturated carbocycles. The number of nitrogens with two attached hydrogens (primary N) is 1. The number of rotatable bonds is 4. The molecule has 1 atom stereocenters. The predicted octanol–water partition coefficient (Wildman–Crippen LogP) is 2.38. The molecule has 1 heterocycles. The van der Waals surface area contributed by atoms with E-state index in [2.05, 4.69) is 22.3 Å². The lowest BCUT2D eigenvalue weighted by Gasteiger charge is -1.96. The highest BCUT2D eigenvalue weighted by Gasteiger charge is 2.09. The average molecular weight is 235 g/mol. The molecule has 0 bridgehead atoms. The summed E-state index contributed by atoms with van der Waals surface area (Å²) in [5.41, 5.74) is 5.63. The lowest BCUT2D eigenvalue weighted by molar-refractivity contribution is 0.358. The monoisotopic (exact) mass is 235 g/mol. The van der Waals surface area contributed by atoms with Gasteiger partial charge in [0.25, 0.3) is 0 Å². The van der Waals surface area contributed by atoms with Crippen LogP contribution in [0.2, 0.25) is 0 Å². The fourth-order valence-electron chi connectivity index (χ4n) is 1.18. The second-order valence-corrected chi connectivity index (χ2v) is 4.49. The van der Waals surface area contributed by atoms with Gasteiger partial charge in [0, 0.05) is 4.90 Å². The van der Waals surface area contributed by atoms with Gasteiger partial charge in [-0.25, -0.2) is 0 Å². The van der Waals surface area contributed by atoms with E-state index >= 15 is 0 Å². The molecule has 0 fully saturated rings. The number of nitrogens with zero attached hydrogens (tertiary/aromatic N) is 2. The molecule has 0 aliphatic carbocycles. The number of thioether (sulfide) groups is 1. The summed E-state index contributed by atoms with van der Waals surface area (Å²) in [6.07, 6.45) is 0. The molecule has 16 heavy (non-hydrogen) atoms. The Morgan fingerprint density at radius 3 is 2.75 bits per heavy atom. The van der Waals surface area contributed by atoms with Gasteiger partial charge in [0.15, 0.2) is 5.82 Å². The Morgan fingerprint density at radius 1 is 1.38 bits per heavy atom. The summed E-state index contributed by atoms with van der Waals surface area (Å²) in [7, 11) is 0. The van der Waals surface area contributed by atoms with Crippen LogP contribution in [-0.4, -0.2) is 10.1 Å². The summed E-state index contributed by atoms with van der Waals surface area (Å²) < 4.78 is 5.02. The summed E-state index contributed by atoms with van der Waals surface area (Å²) >= 11 is 1.67. The molecule has 0 amide bonds. The van der Waals surface area contributed by atoms with Gasteiger partial charge in [-0.1, -0.05) is 23.4 Å². The van der Waals surface area contributed by atoms with Crippen molar-refractivity contribution in [1.29, 1.82) is 0 Å². The third kappa shape index (κ3) is 2.84. The van der Waals surface area contributed by atoms with Gasteiger partial charge in [-0.15, -0.1) is 11.8 Å². The van der Waals surface area contributed by atoms with Crippen LogP contribution in [0.5, 0.6) is 0 Å². The Morgan fingerprint density at radius 2 is 2.12 bits per heavy atom. The van der Waals surface area contributed by atoms with Crippen LogP contribution in [0, 0.1) is 0 Å². The molecule has 0 spiro atoms. The number of aromatic nitrogens is 2. The van der Waals surface area contributed by atoms with Crippen LogP contribution < -0.4 is 5.73 Å². The first-order chi connectivity index (χ1) is 7.75. The van der Waals surface area contributed by atoms with Crippen LogP contribution in [0.3, 0.4) is 0 Å². The van der Waals surface area contributed by atoms with E-state index in [4.69, 9.17) is 10.3 Å². The highest BCUT2D eigenvalue weighted by atomic mass is 32.2. The molecule has 0 unspecified atom stereocenters. The van der Waals surface area contributed by atoms with Crippen LogP contribution in [-0.2, 0) is 5.75 Å². The molecule has 0 aliphatic rings. The number of hydrogen-bond acceptors (Lipinski definition) is 5. The first-order valence-electron chi connectivity index (χ1n) is 5.01. The van der Waals surface area contributed by atoms with Crippen molar-refractivity contribution >= 4 is 11.8 Å². The van der Waals surface area contributed by atoms with Gasteiger partial charge in [0.2, 0.25) is 5.89 Å². The molecule has 4 nitrogen and oxygen atoms in total. The fraction of sp³-hybridized carbons (Fsp3) is 0.273. The van der Waals surface area contributed by atoms with Crippen molar-refractivity contribution in [3.8, 4) is 0 Å². The zero-order valence-electron chi connectivity index (χ0n) is 8.96. The third-order valence-corrected chi connectivity index (χ3v) is 2.99. The van der Waals surface area contributed by atoms with Gasteiger partial charge in [0.1, 0.15) is 0 Å². The largest absolute Gasteiger partial charge is 0.338 e. The lowest BCUT2D eigenvalue weighted by atomic mass is 10.4. The maximum absolute atomic E-state index is 5.63. The zero-order valence-corrected chi connectivity index (χ0v) is 9.78. The molecule has 0 aliphatic heterocycles. The first kappa shape index (κ1) is 11.2. The van der Waals surface area contributed by atoms with Crippen LogP contribution in [0.25, 0.3) is 0 Å². The molecule has 84 valence electrons. The van der Waals surface area contributed by atoms with Crippen LogP contribution >= 0.6 is 11.8 Å². The third-order valence-electron chi connectivity index (χ3n) is 1.98. The molecule has 5 heteroatoms. The van der Waals surface area contributed by atoms with Crippen molar-refractivity contribution in [2.75, 3.05) is 0 Å². The van der Waals surface area contributed by atoms with E-state index < -0.39 is 0 Å². The average Bonchev–Trinajstić information content (AvgIpc) is 2.76. The van der Waals surface area contributed by atoms with Crippen molar-refractivity contribution in [3.05, 3.63) is 42.0 Å². The van der Waals surface area contributed by atoms with Gasteiger partial charge < -0.3 is 10.3 Å². The topological polar surface area (TPSA) is 64.9 Å². The minimum Gasteiger partial charge on any atom is -0.338 e. The van der Waals surface area contributed by atoms with Crippen molar-refractivity contribution in [2.45, 2.75) is 23.6 Å². The summed E-state index contributed by atoms with van der Waals surface area (Å²) in [6, 6.07) is 9.90. The van der Waals surface area contributed by atoms with E-state index in [0.29, 0.717) is 17.5 Å². The second kappa shape index (κ2) is 5.14. The Kier molecular flexibility index (Phi) is 3.58. The quantitative estimate of drug-likeness (QED) is 0.824. The zero-order chi connectivity index (χ0) is 11.4. The minimum absolute atomic E-state index is 0.206. The standard InChI is InChI=1S/C11H13N3OS/c1-8(12)11-13-10(14-15-11)7-16-9-5-3-2-4-6-9/h2-6,8H,7,12H2,1H3/t8-/m0/s1. The Bertz CT molecular complexity index is 442. The molecule has 0 radical (unpaired) electrons. The maximum Gasteiger partial charge on any atom is 0.243 e. The van der Waals surface area contributed by atoms with E-state index in [1.807, 2.05) is 25.1 Å². The summed E-state index contributed by atoms with van der Waals surface area (Å²) in [5.74, 6) is 1.87. The van der Waals surface area contributed by atoms with Crippen molar-refractivity contribution in [2.24, 2.45) is 5.73 Å². The lowest BCUT2D eigenvalue weighted by Crippen LogP contribution is -2.05. The Labute approximate surface area is 98.2 Å². The number of benzene rings is 1. The van der Waals surface area contributed by atoms with E-state index in [1.165, 1.54) is 4.90 Å². The van der Waals surface area contributed by atoms with Gasteiger partial charge in [0.05, 0.1) is 11.8 Å². The van der Waals surface area contributed by atoms with Gasteiger partial charge >= 0.3 is 0 Å². The van der Waals surface area contributed by atoms with Gasteiger partial charge in [-0.05, 0) is 19.1 Å². The van der Waals surface area contributed by atoms with E-state index in [1.54, 1.807) is 11.8 Å². The second-order valence-electron chi connectivity index (χ2n) is 3.44. The van der Waals surface area contributed by atoms with Crippen LogP contribution in [0.4, 0.5) is 0 Å². The Balaban J connectivity index is 1.95. The summed E-state index contributed by atoms with van der Waals surface area (Å²) in [4.78, 5) is 5.39. The minimum atomic E-state index is -0.206. The molecule has 1 aromatic carbocycles. The molecule has 2 rings (SSSR count). The SMILES string of the molecule is C[C@H](N)c1nc(CSc2ccccc2)no1. The smallest absolute Gasteiger partial charge is 0.243 e. The van der Waals surface area contributed by atoms with Crippen LogP contribution in [0.15, 0.2) is 39.8 Å². The Hall–Kier alpha value is -1.33. The molecule has 0 saturated heterocycles. The molecular weight excluding hydrogens is 222 g/mol. The summed E-state index contributed by atoms with van der Waals surface area (Å²) in [6.45, 7) is 1.82. The predicted molar refractivity (Wildman–Crippen MR) is 62.9 cm³/mol. The fourth-order valence-corrected chi connectivity index (χ4v) is 1.94. The van der Waals surface area contributed by atoms with Crippen molar-refractivity contribution < 1.29 is 4.52 Å². The van der Waals surface area contributed by atoms with E-state index in [0.717, 1.165) is 0 Å². The molecule has 2 aromatic rings. The van der Waals surface area contributed by atoms with Crippen LogP contribution in [0.1, 0.15) is 24.7 Å². The summed E-state index contributed by atoms with van der Waals surface area (Å²) in [5, 5.41) is 3.87. The van der Waals surface area contributed by atoms with E-state index in [9.17, 15) is 0 Å². The molecular formula is C11H13N3OS. The van der Waals surface area contributed by atoms with Crippen molar-refractivity contribution in [3.63, 3.8) is 0 Å². The highest BCUT2D eigenvalue weighted by molar-refractivity contribution is 7.98. The first-order valence-corrected chi connectivity index (χ1v) is 6.00. The van der Waals surface area contributed by atoms with E-state index in [-0.39, 0.29) is 6.04 Å². The van der Waals surface area contributed by atoms with Gasteiger partial charge in [-0.3, -0.25) is 0 Å². The van der Waals surface area contributed by atoms with Gasteiger partial charge in [-0.2, -0.15) is 4.98 Å². The van der Waals surface area contributed by atoms with Crippen molar-refractivity contribution in [1.82, 2.24) is 10.1 Å². The molecule has 1 aromatic heterocycles. The normalized spacial score (nSPS) is 12.6. The number of hydrogen-bond donors (Lipinski definition) is 1. The molecule has 2 N–H and O–H groups in total.